The molecule has 0 saturated carbocycles. The van der Waals surface area contributed by atoms with Gasteiger partial charge >= 0.3 is 0 Å². The summed E-state index contributed by atoms with van der Waals surface area (Å²) in [4.78, 5) is 3.31. The predicted molar refractivity (Wildman–Crippen MR) is 28.2 cm³/mol. The molecule has 3 atom stereocenters. The Bertz CT molecular complexity index is 97.8. The van der Waals surface area contributed by atoms with Crippen molar-refractivity contribution in [3.63, 3.8) is 0 Å². The summed E-state index contributed by atoms with van der Waals surface area (Å²) in [5, 5.41) is 17.4. The Balaban J connectivity index is 2.41. The lowest BCUT2D eigenvalue weighted by atomic mass is 10.2. The molecular weight excluding hydrogens is 143 g/mol. The molecule has 1 radical (unpaired) electrons. The van der Waals surface area contributed by atoms with Crippen LogP contribution in [-0.4, -0.2) is 35.1 Å². The molecule has 0 unspecified atom stereocenters. The van der Waals surface area contributed by atoms with E-state index in [1.54, 1.807) is 0 Å². The Labute approximate surface area is 57.1 Å². The summed E-state index contributed by atoms with van der Waals surface area (Å²) < 4.78 is 16.0. The maximum Gasteiger partial charge on any atom is 0.155 e. The van der Waals surface area contributed by atoms with Crippen LogP contribution >= 0.6 is 0 Å². The summed E-state index contributed by atoms with van der Waals surface area (Å²) in [6.07, 6.45) is -2.95. The van der Waals surface area contributed by atoms with Crippen LogP contribution in [0, 0.1) is 6.61 Å². The minimum Gasteiger partial charge on any atom is -0.394 e. The van der Waals surface area contributed by atoms with Gasteiger partial charge in [0, 0.05) is 0 Å². The minimum atomic E-state index is -1.12. The molecule has 2 N–H and O–H groups in total. The van der Waals surface area contributed by atoms with E-state index in [0.717, 1.165) is 6.61 Å². The first-order valence-electron chi connectivity index (χ1n) is 2.84. The van der Waals surface area contributed by atoms with Gasteiger partial charge in [-0.05, 0) is 4.53 Å². The van der Waals surface area contributed by atoms with E-state index in [4.69, 9.17) is 10.2 Å². The number of ether oxygens (including phenoxy) is 1. The van der Waals surface area contributed by atoms with Gasteiger partial charge in [-0.25, -0.2) is 0 Å². The Morgan fingerprint density at radius 3 is 2.70 bits per heavy atom. The van der Waals surface area contributed by atoms with Crippen LogP contribution in [0.2, 0.25) is 0 Å². The van der Waals surface area contributed by atoms with Gasteiger partial charge in [-0.2, -0.15) is 4.94 Å². The molecule has 1 heterocycles. The molecule has 1 aliphatic heterocycles. The number of rotatable bonds is 2. The van der Waals surface area contributed by atoms with Gasteiger partial charge in [-0.15, -0.1) is 0 Å². The Morgan fingerprint density at radius 1 is 1.70 bits per heavy atom. The fourth-order valence-electron chi connectivity index (χ4n) is 0.776. The van der Waals surface area contributed by atoms with Crippen LogP contribution in [0.5, 0.6) is 0 Å². The van der Waals surface area contributed by atoms with E-state index in [-0.39, 0.29) is 6.61 Å². The molecule has 0 amide bonds. The maximum atomic E-state index is 11.4. The monoisotopic (exact) mass is 151 g/mol. The third kappa shape index (κ3) is 1.27. The first kappa shape index (κ1) is 7.87. The Hall–Kier alpha value is -0.230. The summed E-state index contributed by atoms with van der Waals surface area (Å²) in [6, 6.07) is 0. The van der Waals surface area contributed by atoms with Gasteiger partial charge in [-0.3, -0.25) is 0 Å². The lowest BCUT2D eigenvalue weighted by Crippen LogP contribution is -2.32. The average Bonchev–Trinajstić information content (AvgIpc) is 2.30. The van der Waals surface area contributed by atoms with Gasteiger partial charge in [0.15, 0.2) is 6.10 Å². The van der Waals surface area contributed by atoms with E-state index in [9.17, 15) is 4.53 Å². The predicted octanol–water partition coefficient (Wildman–Crippen LogP) is -0.830. The lowest BCUT2D eigenvalue weighted by Gasteiger charge is -2.10. The normalized spacial score (nSPS) is 40.5. The molecule has 59 valence electrons. The zero-order valence-electron chi connectivity index (χ0n) is 5.11. The molecule has 4 nitrogen and oxygen atoms in total. The van der Waals surface area contributed by atoms with Gasteiger partial charge in [-0.1, -0.05) is 0 Å². The topological polar surface area (TPSA) is 58.9 Å². The van der Waals surface area contributed by atoms with Crippen molar-refractivity contribution in [1.29, 1.82) is 0 Å². The molecule has 1 rings (SSSR count). The highest BCUT2D eigenvalue weighted by atomic mass is 19.3. The SMILES string of the molecule is OC[C@H]1O[CH][C@H](OF)[C@@H]1O. The summed E-state index contributed by atoms with van der Waals surface area (Å²) >= 11 is 0. The molecule has 1 fully saturated rings. The van der Waals surface area contributed by atoms with Crippen molar-refractivity contribution in [1.82, 2.24) is 0 Å². The van der Waals surface area contributed by atoms with E-state index in [2.05, 4.69) is 9.68 Å². The number of aliphatic hydroxyl groups excluding tert-OH is 2. The fraction of sp³-hybridized carbons (Fsp3) is 0.800. The summed E-state index contributed by atoms with van der Waals surface area (Å²) in [5.74, 6) is 0. The van der Waals surface area contributed by atoms with Crippen LogP contribution in [0.1, 0.15) is 0 Å². The minimum absolute atomic E-state index is 0.350. The van der Waals surface area contributed by atoms with E-state index >= 15 is 0 Å². The maximum absolute atomic E-state index is 11.4. The van der Waals surface area contributed by atoms with Crippen LogP contribution in [0.4, 0.5) is 4.53 Å². The second-order valence-corrected chi connectivity index (χ2v) is 2.04. The third-order valence-corrected chi connectivity index (χ3v) is 1.39. The molecule has 10 heavy (non-hydrogen) atoms. The average molecular weight is 151 g/mol. The van der Waals surface area contributed by atoms with Crippen LogP contribution in [0.3, 0.4) is 0 Å². The highest BCUT2D eigenvalue weighted by molar-refractivity contribution is 4.90. The van der Waals surface area contributed by atoms with Gasteiger partial charge in [0.05, 0.1) is 6.61 Å². The molecule has 5 heteroatoms. The van der Waals surface area contributed by atoms with Gasteiger partial charge in [0.25, 0.3) is 0 Å². The number of halogens is 1. The largest absolute Gasteiger partial charge is 0.394 e. The zero-order valence-corrected chi connectivity index (χ0v) is 5.11. The van der Waals surface area contributed by atoms with Gasteiger partial charge in [0.1, 0.15) is 18.8 Å². The number of hydrogen-bond acceptors (Lipinski definition) is 4. The lowest BCUT2D eigenvalue weighted by molar-refractivity contribution is -0.191. The highest BCUT2D eigenvalue weighted by Gasteiger charge is 2.37. The van der Waals surface area contributed by atoms with Gasteiger partial charge in [0.2, 0.25) is 0 Å². The van der Waals surface area contributed by atoms with Crippen molar-refractivity contribution in [2.24, 2.45) is 0 Å². The number of hydrogen-bond donors (Lipinski definition) is 2. The molecule has 1 aliphatic rings. The summed E-state index contributed by atoms with van der Waals surface area (Å²) in [6.45, 7) is 0.670. The second kappa shape index (κ2) is 3.25. The van der Waals surface area contributed by atoms with Crippen molar-refractivity contribution in [3.8, 4) is 0 Å². The zero-order chi connectivity index (χ0) is 7.56. The molecule has 0 aliphatic carbocycles. The molecule has 1 saturated heterocycles. The van der Waals surface area contributed by atoms with Gasteiger partial charge < -0.3 is 14.9 Å². The Kier molecular flexibility index (Phi) is 2.56. The summed E-state index contributed by atoms with van der Waals surface area (Å²) in [7, 11) is 0. The second-order valence-electron chi connectivity index (χ2n) is 2.04. The van der Waals surface area contributed by atoms with E-state index in [0.29, 0.717) is 0 Å². The van der Waals surface area contributed by atoms with Crippen LogP contribution in [0.15, 0.2) is 0 Å². The summed E-state index contributed by atoms with van der Waals surface area (Å²) in [5.41, 5.74) is 0. The molecule has 0 aromatic heterocycles. The molecule has 0 bridgehead atoms. The Morgan fingerprint density at radius 2 is 2.40 bits per heavy atom. The third-order valence-electron chi connectivity index (χ3n) is 1.39. The smallest absolute Gasteiger partial charge is 0.155 e. The van der Waals surface area contributed by atoms with E-state index in [1.165, 1.54) is 0 Å². The van der Waals surface area contributed by atoms with Crippen molar-refractivity contribution in [2.75, 3.05) is 6.61 Å². The van der Waals surface area contributed by atoms with Crippen LogP contribution in [0.25, 0.3) is 0 Å². The molecule has 0 aromatic carbocycles. The first-order valence-corrected chi connectivity index (χ1v) is 2.84. The van der Waals surface area contributed by atoms with E-state index in [1.807, 2.05) is 0 Å². The standard InChI is InChI=1S/C5H8FO4/c6-10-4-2-9-3(1-7)5(4)8/h2-5,7-8H,1H2/t3-,4+,5-/m1/s1. The number of aliphatic hydroxyl groups is 2. The van der Waals surface area contributed by atoms with Crippen molar-refractivity contribution < 1.29 is 24.4 Å². The first-order chi connectivity index (χ1) is 4.79. The van der Waals surface area contributed by atoms with E-state index < -0.39 is 18.3 Å². The van der Waals surface area contributed by atoms with Crippen LogP contribution in [-0.2, 0) is 9.68 Å². The molecule has 0 aromatic rings. The molecular formula is C5H8FO4. The fourth-order valence-corrected chi connectivity index (χ4v) is 0.776. The van der Waals surface area contributed by atoms with Crippen molar-refractivity contribution in [3.05, 3.63) is 6.61 Å². The molecule has 0 spiro atoms. The van der Waals surface area contributed by atoms with Crippen molar-refractivity contribution >= 4 is 0 Å². The van der Waals surface area contributed by atoms with Crippen molar-refractivity contribution in [2.45, 2.75) is 18.3 Å². The van der Waals surface area contributed by atoms with Crippen LogP contribution < -0.4 is 0 Å². The highest BCUT2D eigenvalue weighted by Crippen LogP contribution is 2.20. The quantitative estimate of drug-likeness (QED) is 0.540.